The van der Waals surface area contributed by atoms with Crippen molar-refractivity contribution >= 4 is 11.6 Å². The van der Waals surface area contributed by atoms with Gasteiger partial charge >= 0.3 is 0 Å². The standard InChI is InChI=1S/C23H49ClNO/c1-4-5-6-7-8-9-10-11-12-13-14-15-16-17-18-19-20-25(2,3)22-23(26)21-24/h23,26H,4-22H2,1-3H3/q+1. The summed E-state index contributed by atoms with van der Waals surface area (Å²) in [5, 5.41) is 9.68. The van der Waals surface area contributed by atoms with Gasteiger partial charge in [-0.3, -0.25) is 0 Å². The van der Waals surface area contributed by atoms with Crippen molar-refractivity contribution in [2.45, 2.75) is 116 Å². The van der Waals surface area contributed by atoms with Crippen LogP contribution in [0.1, 0.15) is 110 Å². The molecular weight excluding hydrogens is 342 g/mol. The Kier molecular flexibility index (Phi) is 18.7. The lowest BCUT2D eigenvalue weighted by Crippen LogP contribution is -2.46. The zero-order chi connectivity index (χ0) is 19.5. The van der Waals surface area contributed by atoms with Crippen molar-refractivity contribution in [2.75, 3.05) is 33.1 Å². The van der Waals surface area contributed by atoms with Crippen molar-refractivity contribution in [3.8, 4) is 0 Å². The lowest BCUT2D eigenvalue weighted by molar-refractivity contribution is -0.893. The van der Waals surface area contributed by atoms with Gasteiger partial charge in [0.2, 0.25) is 0 Å². The molecule has 0 aliphatic carbocycles. The monoisotopic (exact) mass is 390 g/mol. The summed E-state index contributed by atoms with van der Waals surface area (Å²) < 4.78 is 0.881. The third-order valence-electron chi connectivity index (χ3n) is 5.50. The van der Waals surface area contributed by atoms with Gasteiger partial charge in [0.1, 0.15) is 12.6 Å². The van der Waals surface area contributed by atoms with Crippen LogP contribution in [0.15, 0.2) is 0 Å². The quantitative estimate of drug-likeness (QED) is 0.136. The highest BCUT2D eigenvalue weighted by Gasteiger charge is 2.19. The predicted molar refractivity (Wildman–Crippen MR) is 118 cm³/mol. The number of hydrogen-bond acceptors (Lipinski definition) is 1. The maximum atomic E-state index is 9.68. The molecule has 0 bridgehead atoms. The van der Waals surface area contributed by atoms with Crippen LogP contribution in [0.5, 0.6) is 0 Å². The minimum atomic E-state index is -0.368. The van der Waals surface area contributed by atoms with Gasteiger partial charge in [-0.05, 0) is 12.8 Å². The molecule has 158 valence electrons. The van der Waals surface area contributed by atoms with E-state index in [4.69, 9.17) is 11.6 Å². The largest absolute Gasteiger partial charge is 0.386 e. The van der Waals surface area contributed by atoms with Gasteiger partial charge in [-0.2, -0.15) is 0 Å². The molecule has 0 aliphatic heterocycles. The topological polar surface area (TPSA) is 20.2 Å². The fourth-order valence-electron chi connectivity index (χ4n) is 3.80. The molecule has 0 aromatic carbocycles. The molecule has 3 heteroatoms. The van der Waals surface area contributed by atoms with Gasteiger partial charge in [0.05, 0.1) is 26.5 Å². The lowest BCUT2D eigenvalue weighted by Gasteiger charge is -2.31. The second kappa shape index (κ2) is 18.6. The number of aliphatic hydroxyl groups is 1. The summed E-state index contributed by atoms with van der Waals surface area (Å²) in [6.07, 6.45) is 22.2. The normalized spacial score (nSPS) is 13.3. The summed E-state index contributed by atoms with van der Waals surface area (Å²) >= 11 is 5.70. The summed E-state index contributed by atoms with van der Waals surface area (Å²) in [4.78, 5) is 0. The zero-order valence-corrected chi connectivity index (χ0v) is 19.0. The fourth-order valence-corrected chi connectivity index (χ4v) is 3.90. The molecule has 1 atom stereocenters. The number of rotatable bonds is 20. The third-order valence-corrected chi connectivity index (χ3v) is 5.86. The van der Waals surface area contributed by atoms with E-state index in [1.165, 1.54) is 103 Å². The molecule has 0 saturated carbocycles. The van der Waals surface area contributed by atoms with Gasteiger partial charge < -0.3 is 9.59 Å². The van der Waals surface area contributed by atoms with E-state index in [2.05, 4.69) is 21.0 Å². The maximum absolute atomic E-state index is 9.68. The van der Waals surface area contributed by atoms with Crippen molar-refractivity contribution in [3.05, 3.63) is 0 Å². The van der Waals surface area contributed by atoms with Gasteiger partial charge in [0.15, 0.2) is 0 Å². The Morgan fingerprint density at radius 2 is 1.00 bits per heavy atom. The van der Waals surface area contributed by atoms with Crippen LogP contribution in [-0.4, -0.2) is 48.8 Å². The molecule has 0 heterocycles. The Labute approximate surface area is 170 Å². The molecular formula is C23H49ClNO+. The number of nitrogens with zero attached hydrogens (tertiary/aromatic N) is 1. The van der Waals surface area contributed by atoms with E-state index in [1.807, 2.05) is 0 Å². The van der Waals surface area contributed by atoms with Crippen molar-refractivity contribution in [1.29, 1.82) is 0 Å². The highest BCUT2D eigenvalue weighted by atomic mass is 35.5. The summed E-state index contributed by atoms with van der Waals surface area (Å²) in [6.45, 7) is 4.20. The fraction of sp³-hybridized carbons (Fsp3) is 1.00. The van der Waals surface area contributed by atoms with E-state index in [9.17, 15) is 5.11 Å². The maximum Gasteiger partial charge on any atom is 0.116 e. The minimum absolute atomic E-state index is 0.348. The molecule has 0 radical (unpaired) electrons. The Hall–Kier alpha value is 0.210. The van der Waals surface area contributed by atoms with E-state index in [1.54, 1.807) is 0 Å². The second-order valence-corrected chi connectivity index (χ2v) is 9.26. The number of likely N-dealkylation sites (N-methyl/N-ethyl adjacent to an activating group) is 1. The van der Waals surface area contributed by atoms with Gasteiger partial charge in [-0.1, -0.05) is 96.8 Å². The lowest BCUT2D eigenvalue weighted by atomic mass is 10.0. The molecule has 0 fully saturated rings. The number of quaternary nitrogens is 1. The van der Waals surface area contributed by atoms with E-state index >= 15 is 0 Å². The third kappa shape index (κ3) is 19.0. The molecule has 0 rings (SSSR count). The summed E-state index contributed by atoms with van der Waals surface area (Å²) in [7, 11) is 4.39. The number of unbranched alkanes of at least 4 members (excludes halogenated alkanes) is 15. The average Bonchev–Trinajstić information content (AvgIpc) is 2.60. The number of alkyl halides is 1. The van der Waals surface area contributed by atoms with E-state index in [0.717, 1.165) is 17.6 Å². The first-order chi connectivity index (χ1) is 12.5. The molecule has 2 nitrogen and oxygen atoms in total. The molecule has 0 aromatic rings. The van der Waals surface area contributed by atoms with Gasteiger partial charge in [0, 0.05) is 0 Å². The van der Waals surface area contributed by atoms with Gasteiger partial charge in [-0.15, -0.1) is 11.6 Å². The second-order valence-electron chi connectivity index (χ2n) is 8.95. The van der Waals surface area contributed by atoms with Crippen LogP contribution >= 0.6 is 11.6 Å². The molecule has 0 aromatic heterocycles. The number of halogens is 1. The van der Waals surface area contributed by atoms with Crippen molar-refractivity contribution in [3.63, 3.8) is 0 Å². The molecule has 0 amide bonds. The Morgan fingerprint density at radius 3 is 1.35 bits per heavy atom. The van der Waals surface area contributed by atoms with E-state index < -0.39 is 0 Å². The first-order valence-corrected chi connectivity index (χ1v) is 12.1. The summed E-state index contributed by atoms with van der Waals surface area (Å²) in [5.41, 5.74) is 0. The van der Waals surface area contributed by atoms with Crippen LogP contribution in [0.2, 0.25) is 0 Å². The van der Waals surface area contributed by atoms with Crippen molar-refractivity contribution in [2.24, 2.45) is 0 Å². The Morgan fingerprint density at radius 1 is 0.654 bits per heavy atom. The van der Waals surface area contributed by atoms with Crippen molar-refractivity contribution < 1.29 is 9.59 Å². The van der Waals surface area contributed by atoms with Crippen LogP contribution < -0.4 is 0 Å². The molecule has 1 unspecified atom stereocenters. The van der Waals surface area contributed by atoms with Gasteiger partial charge in [-0.25, -0.2) is 0 Å². The summed E-state index contributed by atoms with van der Waals surface area (Å²) in [5.74, 6) is 0.348. The highest BCUT2D eigenvalue weighted by Crippen LogP contribution is 2.14. The van der Waals surface area contributed by atoms with Crippen LogP contribution in [-0.2, 0) is 0 Å². The number of aliphatic hydroxyl groups excluding tert-OH is 1. The van der Waals surface area contributed by atoms with Gasteiger partial charge in [0.25, 0.3) is 0 Å². The summed E-state index contributed by atoms with van der Waals surface area (Å²) in [6, 6.07) is 0. The first-order valence-electron chi connectivity index (χ1n) is 11.6. The average molecular weight is 391 g/mol. The molecule has 0 saturated heterocycles. The van der Waals surface area contributed by atoms with E-state index in [0.29, 0.717) is 5.88 Å². The molecule has 0 aliphatic rings. The molecule has 26 heavy (non-hydrogen) atoms. The van der Waals surface area contributed by atoms with Crippen LogP contribution in [0.25, 0.3) is 0 Å². The molecule has 1 N–H and O–H groups in total. The molecule has 0 spiro atoms. The van der Waals surface area contributed by atoms with E-state index in [-0.39, 0.29) is 6.10 Å². The van der Waals surface area contributed by atoms with Crippen LogP contribution in [0.4, 0.5) is 0 Å². The zero-order valence-electron chi connectivity index (χ0n) is 18.3. The minimum Gasteiger partial charge on any atom is -0.386 e. The van der Waals surface area contributed by atoms with Crippen LogP contribution in [0.3, 0.4) is 0 Å². The van der Waals surface area contributed by atoms with Crippen LogP contribution in [0, 0.1) is 0 Å². The predicted octanol–water partition coefficient (Wildman–Crippen LogP) is 6.92. The SMILES string of the molecule is CCCCCCCCCCCCCCCCCC[N+](C)(C)CC(O)CCl. The smallest absolute Gasteiger partial charge is 0.116 e. The Balaban J connectivity index is 3.22. The first kappa shape index (κ1) is 26.2. The highest BCUT2D eigenvalue weighted by molar-refractivity contribution is 6.18. The number of hydrogen-bond donors (Lipinski definition) is 1. The van der Waals surface area contributed by atoms with Crippen molar-refractivity contribution in [1.82, 2.24) is 0 Å². The Bertz CT molecular complexity index is 283.